The summed E-state index contributed by atoms with van der Waals surface area (Å²) in [5.41, 5.74) is 6.41. The van der Waals surface area contributed by atoms with Crippen molar-refractivity contribution in [1.82, 2.24) is 0 Å². The summed E-state index contributed by atoms with van der Waals surface area (Å²) in [6, 6.07) is 7.51. The average molecular weight is 207 g/mol. The van der Waals surface area contributed by atoms with E-state index in [1.807, 2.05) is 24.3 Å². The molecule has 82 valence electrons. The van der Waals surface area contributed by atoms with Gasteiger partial charge in [-0.2, -0.15) is 0 Å². The molecule has 0 aliphatic heterocycles. The summed E-state index contributed by atoms with van der Waals surface area (Å²) >= 11 is 0. The second-order valence-electron chi connectivity index (χ2n) is 3.90. The molecule has 15 heavy (non-hydrogen) atoms. The summed E-state index contributed by atoms with van der Waals surface area (Å²) in [6.45, 7) is 2.10. The molecule has 0 amide bonds. The van der Waals surface area contributed by atoms with Gasteiger partial charge in [0.15, 0.2) is 0 Å². The van der Waals surface area contributed by atoms with E-state index in [1.54, 1.807) is 0 Å². The molecule has 1 aromatic carbocycles. The van der Waals surface area contributed by atoms with Crippen molar-refractivity contribution >= 4 is 5.69 Å². The molecular formula is C12H17NO2. The Morgan fingerprint density at radius 1 is 1.20 bits per heavy atom. The van der Waals surface area contributed by atoms with Gasteiger partial charge in [-0.3, -0.25) is 0 Å². The van der Waals surface area contributed by atoms with E-state index in [2.05, 4.69) is 0 Å². The van der Waals surface area contributed by atoms with Gasteiger partial charge < -0.3 is 15.2 Å². The smallest absolute Gasteiger partial charge is 0.142 e. The maximum absolute atomic E-state index is 5.73. The lowest BCUT2D eigenvalue weighted by Crippen LogP contribution is -2.09. The molecule has 1 fully saturated rings. The fraction of sp³-hybridized carbons (Fsp3) is 0.500. The molecule has 0 spiro atoms. The van der Waals surface area contributed by atoms with Crippen molar-refractivity contribution in [3.8, 4) is 5.75 Å². The Hall–Kier alpha value is -1.22. The van der Waals surface area contributed by atoms with Crippen LogP contribution in [-0.4, -0.2) is 19.8 Å². The van der Waals surface area contributed by atoms with Crippen molar-refractivity contribution < 1.29 is 9.47 Å². The highest BCUT2D eigenvalue weighted by atomic mass is 16.5. The van der Waals surface area contributed by atoms with Crippen LogP contribution in [0.2, 0.25) is 0 Å². The Balaban J connectivity index is 1.62. The maximum Gasteiger partial charge on any atom is 0.142 e. The van der Waals surface area contributed by atoms with Crippen LogP contribution in [-0.2, 0) is 4.74 Å². The van der Waals surface area contributed by atoms with Crippen molar-refractivity contribution in [3.05, 3.63) is 24.3 Å². The topological polar surface area (TPSA) is 44.5 Å². The lowest BCUT2D eigenvalue weighted by atomic mass is 10.3. The Kier molecular flexibility index (Phi) is 3.45. The minimum atomic E-state index is 0.570. The van der Waals surface area contributed by atoms with Crippen LogP contribution >= 0.6 is 0 Å². The normalized spacial score (nSPS) is 15.2. The van der Waals surface area contributed by atoms with Gasteiger partial charge in [0, 0.05) is 6.61 Å². The number of rotatable bonds is 6. The van der Waals surface area contributed by atoms with Crippen molar-refractivity contribution in [2.45, 2.75) is 12.8 Å². The molecule has 0 saturated heterocycles. The summed E-state index contributed by atoms with van der Waals surface area (Å²) in [5.74, 6) is 1.55. The zero-order chi connectivity index (χ0) is 10.5. The Labute approximate surface area is 90.2 Å². The van der Waals surface area contributed by atoms with Crippen LogP contribution in [0.25, 0.3) is 0 Å². The summed E-state index contributed by atoms with van der Waals surface area (Å²) in [5, 5.41) is 0. The van der Waals surface area contributed by atoms with Crippen LogP contribution in [0.5, 0.6) is 5.75 Å². The van der Waals surface area contributed by atoms with Crippen molar-refractivity contribution in [2.75, 3.05) is 25.6 Å². The predicted octanol–water partition coefficient (Wildman–Crippen LogP) is 2.07. The number of para-hydroxylation sites is 2. The van der Waals surface area contributed by atoms with Crippen LogP contribution in [0, 0.1) is 5.92 Å². The van der Waals surface area contributed by atoms with E-state index in [0.717, 1.165) is 18.3 Å². The number of benzene rings is 1. The van der Waals surface area contributed by atoms with E-state index in [1.165, 1.54) is 12.8 Å². The van der Waals surface area contributed by atoms with Crippen LogP contribution in [0.1, 0.15) is 12.8 Å². The standard InChI is InChI=1S/C12H17NO2/c13-11-3-1-2-4-12(11)15-8-7-14-9-10-5-6-10/h1-4,10H,5-9,13H2. The molecule has 0 heterocycles. The minimum absolute atomic E-state index is 0.570. The molecule has 0 aromatic heterocycles. The maximum atomic E-state index is 5.73. The Morgan fingerprint density at radius 3 is 2.73 bits per heavy atom. The first kappa shape index (κ1) is 10.3. The first-order chi connectivity index (χ1) is 7.36. The van der Waals surface area contributed by atoms with Gasteiger partial charge >= 0.3 is 0 Å². The summed E-state index contributed by atoms with van der Waals surface area (Å²) < 4.78 is 10.9. The SMILES string of the molecule is Nc1ccccc1OCCOCC1CC1. The van der Waals surface area contributed by atoms with Crippen molar-refractivity contribution in [2.24, 2.45) is 5.92 Å². The van der Waals surface area contributed by atoms with E-state index >= 15 is 0 Å². The van der Waals surface area contributed by atoms with Gasteiger partial charge in [-0.15, -0.1) is 0 Å². The predicted molar refractivity (Wildman–Crippen MR) is 59.9 cm³/mol. The van der Waals surface area contributed by atoms with E-state index < -0.39 is 0 Å². The van der Waals surface area contributed by atoms with Crippen LogP contribution in [0.3, 0.4) is 0 Å². The zero-order valence-electron chi connectivity index (χ0n) is 8.82. The van der Waals surface area contributed by atoms with Gasteiger partial charge in [0.1, 0.15) is 12.4 Å². The second kappa shape index (κ2) is 5.03. The van der Waals surface area contributed by atoms with E-state index in [9.17, 15) is 0 Å². The Bertz CT molecular complexity index is 310. The van der Waals surface area contributed by atoms with Gasteiger partial charge in [0.05, 0.1) is 12.3 Å². The molecule has 1 aliphatic rings. The van der Waals surface area contributed by atoms with E-state index in [0.29, 0.717) is 18.9 Å². The molecule has 1 aromatic rings. The fourth-order valence-electron chi connectivity index (χ4n) is 1.36. The number of nitrogen functional groups attached to an aromatic ring is 1. The largest absolute Gasteiger partial charge is 0.489 e. The fourth-order valence-corrected chi connectivity index (χ4v) is 1.36. The zero-order valence-corrected chi connectivity index (χ0v) is 8.82. The number of anilines is 1. The highest BCUT2D eigenvalue weighted by Gasteiger charge is 2.20. The van der Waals surface area contributed by atoms with Gasteiger partial charge in [-0.1, -0.05) is 12.1 Å². The highest BCUT2D eigenvalue weighted by molar-refractivity contribution is 5.51. The van der Waals surface area contributed by atoms with Crippen molar-refractivity contribution in [1.29, 1.82) is 0 Å². The number of nitrogens with two attached hydrogens (primary N) is 1. The molecule has 0 radical (unpaired) electrons. The number of hydrogen-bond donors (Lipinski definition) is 1. The average Bonchev–Trinajstić information content (AvgIpc) is 3.04. The quantitative estimate of drug-likeness (QED) is 0.573. The third-order valence-electron chi connectivity index (χ3n) is 2.45. The highest BCUT2D eigenvalue weighted by Crippen LogP contribution is 2.28. The van der Waals surface area contributed by atoms with E-state index in [4.69, 9.17) is 15.2 Å². The van der Waals surface area contributed by atoms with E-state index in [-0.39, 0.29) is 0 Å². The second-order valence-corrected chi connectivity index (χ2v) is 3.90. The molecule has 0 unspecified atom stereocenters. The monoisotopic (exact) mass is 207 g/mol. The first-order valence-corrected chi connectivity index (χ1v) is 5.41. The molecule has 0 atom stereocenters. The Morgan fingerprint density at radius 2 is 2.00 bits per heavy atom. The first-order valence-electron chi connectivity index (χ1n) is 5.41. The van der Waals surface area contributed by atoms with Crippen LogP contribution in [0.4, 0.5) is 5.69 Å². The van der Waals surface area contributed by atoms with Crippen molar-refractivity contribution in [3.63, 3.8) is 0 Å². The molecule has 2 N–H and O–H groups in total. The number of hydrogen-bond acceptors (Lipinski definition) is 3. The molecule has 2 rings (SSSR count). The third kappa shape index (κ3) is 3.44. The molecule has 3 nitrogen and oxygen atoms in total. The molecule has 0 bridgehead atoms. The van der Waals surface area contributed by atoms with Gasteiger partial charge in [0.25, 0.3) is 0 Å². The van der Waals surface area contributed by atoms with Gasteiger partial charge in [-0.05, 0) is 30.9 Å². The minimum Gasteiger partial charge on any atom is -0.489 e. The molecule has 1 saturated carbocycles. The van der Waals surface area contributed by atoms with Gasteiger partial charge in [-0.25, -0.2) is 0 Å². The lowest BCUT2D eigenvalue weighted by molar-refractivity contribution is 0.0930. The third-order valence-corrected chi connectivity index (χ3v) is 2.45. The van der Waals surface area contributed by atoms with Gasteiger partial charge in [0.2, 0.25) is 0 Å². The summed E-state index contributed by atoms with van der Waals surface area (Å²) in [4.78, 5) is 0. The lowest BCUT2D eigenvalue weighted by Gasteiger charge is -2.08. The van der Waals surface area contributed by atoms with Crippen LogP contribution < -0.4 is 10.5 Å². The molecular weight excluding hydrogens is 190 g/mol. The number of ether oxygens (including phenoxy) is 2. The molecule has 3 heteroatoms. The molecule has 1 aliphatic carbocycles. The van der Waals surface area contributed by atoms with Crippen LogP contribution in [0.15, 0.2) is 24.3 Å². The summed E-state index contributed by atoms with van der Waals surface area (Å²) in [7, 11) is 0. The summed E-state index contributed by atoms with van der Waals surface area (Å²) in [6.07, 6.45) is 2.65.